The van der Waals surface area contributed by atoms with E-state index in [1.54, 1.807) is 0 Å². The molecule has 31 heavy (non-hydrogen) atoms. The van der Waals surface area contributed by atoms with E-state index in [2.05, 4.69) is 33.6 Å². The van der Waals surface area contributed by atoms with E-state index in [0.717, 1.165) is 0 Å². The van der Waals surface area contributed by atoms with Crippen LogP contribution < -0.4 is 38.9 Å². The van der Waals surface area contributed by atoms with Gasteiger partial charge in [-0.3, -0.25) is 24.2 Å². The second-order valence-corrected chi connectivity index (χ2v) is 6.96. The van der Waals surface area contributed by atoms with E-state index in [1.165, 1.54) is 6.92 Å². The number of carbonyl (C=O) groups excluding carboxylic acids is 4. The Morgan fingerprint density at radius 3 is 2.03 bits per heavy atom. The van der Waals surface area contributed by atoms with Gasteiger partial charge in [0, 0.05) is 12.3 Å². The van der Waals surface area contributed by atoms with Crippen molar-refractivity contribution in [3.8, 4) is 0 Å². The first kappa shape index (κ1) is 27.9. The molecule has 0 heterocycles. The number of hydrogen-bond acceptors (Lipinski definition) is 8. The highest BCUT2D eigenvalue weighted by molar-refractivity contribution is 7.80. The van der Waals surface area contributed by atoms with Crippen LogP contribution in [0.15, 0.2) is 4.99 Å². The number of hydrogen-bond donors (Lipinski definition) is 9. The van der Waals surface area contributed by atoms with Crippen LogP contribution in [-0.2, 0) is 24.0 Å². The second-order valence-electron chi connectivity index (χ2n) is 6.60. The molecule has 176 valence electrons. The molecule has 4 atom stereocenters. The van der Waals surface area contributed by atoms with Gasteiger partial charge in [0.05, 0.1) is 12.5 Å². The van der Waals surface area contributed by atoms with Crippen molar-refractivity contribution in [2.75, 3.05) is 12.3 Å². The van der Waals surface area contributed by atoms with Crippen LogP contribution in [0.4, 0.5) is 0 Å². The zero-order chi connectivity index (χ0) is 24.1. The number of aliphatic imine (C=N–C) groups is 1. The molecule has 0 radical (unpaired) electrons. The van der Waals surface area contributed by atoms with E-state index in [-0.39, 0.29) is 24.7 Å². The molecule has 0 aliphatic rings. The lowest BCUT2D eigenvalue weighted by Gasteiger charge is -2.23. The molecule has 0 aromatic heterocycles. The average Bonchev–Trinajstić information content (AvgIpc) is 2.66. The van der Waals surface area contributed by atoms with Gasteiger partial charge in [-0.1, -0.05) is 0 Å². The number of carbonyl (C=O) groups is 5. The number of primary amides is 1. The van der Waals surface area contributed by atoms with Gasteiger partial charge in [-0.2, -0.15) is 12.6 Å². The standard InChI is InChI=1S/C16H30N8O6S/c1-7(12(26)24-10(6-31)15(29)30)22-14(28)9(3-2-4-21-16(19)20)23-13(27)8(17)5-11(18)25/h7-10,31H,2-6,17H2,1H3,(H2,18,25)(H,22,28)(H,23,27)(H,24,26)(H,29,30)(H4,19,20,21). The lowest BCUT2D eigenvalue weighted by molar-refractivity contribution is -0.141. The van der Waals surface area contributed by atoms with E-state index >= 15 is 0 Å². The van der Waals surface area contributed by atoms with Gasteiger partial charge in [0.1, 0.15) is 18.1 Å². The minimum atomic E-state index is -1.28. The van der Waals surface area contributed by atoms with Crippen LogP contribution in [0.25, 0.3) is 0 Å². The number of amides is 4. The summed E-state index contributed by atoms with van der Waals surface area (Å²) >= 11 is 3.84. The summed E-state index contributed by atoms with van der Waals surface area (Å²) in [5, 5.41) is 16.0. The van der Waals surface area contributed by atoms with Gasteiger partial charge in [-0.25, -0.2) is 4.79 Å². The van der Waals surface area contributed by atoms with Gasteiger partial charge in [0.15, 0.2) is 5.96 Å². The van der Waals surface area contributed by atoms with Gasteiger partial charge in [0.25, 0.3) is 0 Å². The lowest BCUT2D eigenvalue weighted by Crippen LogP contribution is -2.56. The molecule has 0 spiro atoms. The number of guanidine groups is 1. The molecule has 4 unspecified atom stereocenters. The maximum atomic E-state index is 12.6. The van der Waals surface area contributed by atoms with Crippen molar-refractivity contribution in [3.05, 3.63) is 0 Å². The van der Waals surface area contributed by atoms with E-state index in [9.17, 15) is 24.0 Å². The van der Waals surface area contributed by atoms with E-state index in [4.69, 9.17) is 28.0 Å². The Bertz CT molecular complexity index is 700. The molecule has 14 nitrogen and oxygen atoms in total. The molecule has 0 saturated heterocycles. The van der Waals surface area contributed by atoms with E-state index in [1.807, 2.05) is 0 Å². The fourth-order valence-corrected chi connectivity index (χ4v) is 2.47. The molecule has 15 heteroatoms. The van der Waals surface area contributed by atoms with Crippen molar-refractivity contribution in [1.82, 2.24) is 16.0 Å². The van der Waals surface area contributed by atoms with Crippen molar-refractivity contribution >= 4 is 48.2 Å². The quantitative estimate of drug-likeness (QED) is 0.0523. The summed E-state index contributed by atoms with van der Waals surface area (Å²) in [6.45, 7) is 1.51. The third-order valence-corrected chi connectivity index (χ3v) is 4.25. The zero-order valence-electron chi connectivity index (χ0n) is 17.0. The predicted octanol–water partition coefficient (Wildman–Crippen LogP) is -4.27. The molecule has 0 fully saturated rings. The summed E-state index contributed by atoms with van der Waals surface area (Å²) in [6, 6.07) is -4.75. The van der Waals surface area contributed by atoms with Gasteiger partial charge in [-0.15, -0.1) is 0 Å². The zero-order valence-corrected chi connectivity index (χ0v) is 17.9. The first-order chi connectivity index (χ1) is 14.4. The summed E-state index contributed by atoms with van der Waals surface area (Å²) in [6.07, 6.45) is -0.0453. The van der Waals surface area contributed by atoms with Crippen LogP contribution in [0.5, 0.6) is 0 Å². The minimum Gasteiger partial charge on any atom is -0.480 e. The molecule has 4 amide bonds. The number of carboxylic acids is 1. The third kappa shape index (κ3) is 11.6. The van der Waals surface area contributed by atoms with Crippen molar-refractivity contribution in [2.24, 2.45) is 27.9 Å². The first-order valence-electron chi connectivity index (χ1n) is 9.23. The maximum absolute atomic E-state index is 12.6. The van der Waals surface area contributed by atoms with Crippen LogP contribution in [0, 0.1) is 0 Å². The number of nitrogens with two attached hydrogens (primary N) is 4. The summed E-state index contributed by atoms with van der Waals surface area (Å²) in [5.41, 5.74) is 21.1. The van der Waals surface area contributed by atoms with Crippen LogP contribution in [0.3, 0.4) is 0 Å². The smallest absolute Gasteiger partial charge is 0.327 e. The Kier molecular flexibility index (Phi) is 12.6. The largest absolute Gasteiger partial charge is 0.480 e. The van der Waals surface area contributed by atoms with Gasteiger partial charge < -0.3 is 44.0 Å². The van der Waals surface area contributed by atoms with Crippen LogP contribution >= 0.6 is 12.6 Å². The highest BCUT2D eigenvalue weighted by Crippen LogP contribution is 2.02. The van der Waals surface area contributed by atoms with Gasteiger partial charge in [0.2, 0.25) is 23.6 Å². The highest BCUT2D eigenvalue weighted by atomic mass is 32.1. The Hall–Kier alpha value is -3.07. The molecule has 0 aromatic rings. The van der Waals surface area contributed by atoms with Crippen LogP contribution in [0.2, 0.25) is 0 Å². The van der Waals surface area contributed by atoms with Gasteiger partial charge in [-0.05, 0) is 19.8 Å². The Balaban J connectivity index is 5.13. The van der Waals surface area contributed by atoms with Crippen LogP contribution in [0.1, 0.15) is 26.2 Å². The number of thiol groups is 1. The van der Waals surface area contributed by atoms with Crippen molar-refractivity contribution < 1.29 is 29.1 Å². The lowest BCUT2D eigenvalue weighted by atomic mass is 10.1. The number of nitrogens with one attached hydrogen (secondary N) is 3. The van der Waals surface area contributed by atoms with Crippen molar-refractivity contribution in [3.63, 3.8) is 0 Å². The summed E-state index contributed by atoms with van der Waals surface area (Å²) in [7, 11) is 0. The molecule has 0 rings (SSSR count). The predicted molar refractivity (Wildman–Crippen MR) is 115 cm³/mol. The van der Waals surface area contributed by atoms with Crippen molar-refractivity contribution in [1.29, 1.82) is 0 Å². The molecule has 0 bridgehead atoms. The summed E-state index contributed by atoms with van der Waals surface area (Å²) in [5.74, 6) is -4.65. The van der Waals surface area contributed by atoms with Crippen molar-refractivity contribution in [2.45, 2.75) is 50.4 Å². The normalized spacial score (nSPS) is 14.3. The Morgan fingerprint density at radius 1 is 0.968 bits per heavy atom. The molecule has 0 saturated carbocycles. The molecule has 0 aromatic carbocycles. The number of carboxylic acid groups (broad SMARTS) is 1. The van der Waals surface area contributed by atoms with E-state index in [0.29, 0.717) is 6.42 Å². The SMILES string of the molecule is CC(NC(=O)C(CCCN=C(N)N)NC(=O)C(N)CC(N)=O)C(=O)NC(CS)C(=O)O. The van der Waals surface area contributed by atoms with E-state index < -0.39 is 60.2 Å². The second kappa shape index (κ2) is 14.0. The number of nitrogens with zero attached hydrogens (tertiary/aromatic N) is 1. The average molecular weight is 463 g/mol. The van der Waals surface area contributed by atoms with Gasteiger partial charge >= 0.3 is 5.97 Å². The maximum Gasteiger partial charge on any atom is 0.327 e. The Morgan fingerprint density at radius 2 is 1.55 bits per heavy atom. The topological polar surface area (TPSA) is 258 Å². The number of aliphatic carboxylic acids is 1. The molecule has 0 aliphatic carbocycles. The summed E-state index contributed by atoms with van der Waals surface area (Å²) < 4.78 is 0. The molecular formula is C16H30N8O6S. The fraction of sp³-hybridized carbons (Fsp3) is 0.625. The number of rotatable bonds is 14. The molecular weight excluding hydrogens is 432 g/mol. The minimum absolute atomic E-state index is 0.0837. The first-order valence-corrected chi connectivity index (χ1v) is 9.86. The highest BCUT2D eigenvalue weighted by Gasteiger charge is 2.28. The summed E-state index contributed by atoms with van der Waals surface area (Å²) in [4.78, 5) is 62.6. The molecule has 12 N–H and O–H groups in total. The monoisotopic (exact) mass is 462 g/mol. The third-order valence-electron chi connectivity index (χ3n) is 3.89. The molecule has 0 aliphatic heterocycles. The fourth-order valence-electron chi connectivity index (χ4n) is 2.22. The van der Waals surface area contributed by atoms with Crippen LogP contribution in [-0.4, -0.2) is 77.1 Å². The Labute approximate surface area is 184 Å².